The summed E-state index contributed by atoms with van der Waals surface area (Å²) in [5.74, 6) is 1.30. The number of thiocarbonyl (C=S) groups is 1. The first-order valence-electron chi connectivity index (χ1n) is 12.4. The summed E-state index contributed by atoms with van der Waals surface area (Å²) >= 11 is 5.92. The van der Waals surface area contributed by atoms with Gasteiger partial charge in [0.05, 0.1) is 30.6 Å². The number of nitrogens with one attached hydrogen (secondary N) is 2. The molecule has 0 aliphatic carbocycles. The van der Waals surface area contributed by atoms with Crippen molar-refractivity contribution in [1.82, 2.24) is 19.9 Å². The van der Waals surface area contributed by atoms with Crippen LogP contribution >= 0.6 is 12.2 Å². The minimum Gasteiger partial charge on any atom is -0.495 e. The molecule has 1 aromatic carbocycles. The molecule has 2 unspecified atom stereocenters. The smallest absolute Gasteiger partial charge is 0.221 e. The second-order valence-corrected chi connectivity index (χ2v) is 9.75. The first-order valence-corrected chi connectivity index (χ1v) is 12.8. The molecule has 38 heavy (non-hydrogen) atoms. The fraction of sp³-hybridized carbons (Fsp3) is 0.241. The number of carbonyl (C=O) groups excluding carboxylic acids is 1. The van der Waals surface area contributed by atoms with Gasteiger partial charge in [-0.15, -0.1) is 0 Å². The van der Waals surface area contributed by atoms with Crippen molar-refractivity contribution in [2.24, 2.45) is 0 Å². The van der Waals surface area contributed by atoms with E-state index in [0.717, 1.165) is 39.7 Å². The molecule has 1 saturated heterocycles. The zero-order valence-corrected chi connectivity index (χ0v) is 22.8. The number of nitrogens with zero attached hydrogens (tertiary/aromatic N) is 4. The summed E-state index contributed by atoms with van der Waals surface area (Å²) in [5, 5.41) is 6.96. The number of aryl methyl sites for hydroxylation is 2. The average molecular weight is 527 g/mol. The molecule has 0 radical (unpaired) electrons. The third-order valence-corrected chi connectivity index (χ3v) is 7.17. The minimum absolute atomic E-state index is 0.181. The van der Waals surface area contributed by atoms with Crippen molar-refractivity contribution < 1.29 is 9.53 Å². The van der Waals surface area contributed by atoms with E-state index in [1.165, 1.54) is 6.92 Å². The number of pyridine rings is 2. The first-order chi connectivity index (χ1) is 18.3. The Kier molecular flexibility index (Phi) is 6.86. The lowest BCUT2D eigenvalue weighted by Gasteiger charge is -2.29. The van der Waals surface area contributed by atoms with Crippen LogP contribution in [0.25, 0.3) is 5.82 Å². The highest BCUT2D eigenvalue weighted by Crippen LogP contribution is 2.45. The Labute approximate surface area is 227 Å². The molecule has 0 saturated carbocycles. The molecule has 2 N–H and O–H groups in total. The van der Waals surface area contributed by atoms with Crippen LogP contribution in [0.5, 0.6) is 5.75 Å². The summed E-state index contributed by atoms with van der Waals surface area (Å²) < 4.78 is 7.68. The van der Waals surface area contributed by atoms with E-state index in [0.29, 0.717) is 16.5 Å². The van der Waals surface area contributed by atoms with Crippen LogP contribution in [0.1, 0.15) is 47.2 Å². The van der Waals surface area contributed by atoms with E-state index in [9.17, 15) is 4.79 Å². The number of methoxy groups -OCH3 is 1. The molecule has 3 aromatic heterocycles. The highest BCUT2D eigenvalue weighted by molar-refractivity contribution is 7.80. The number of amides is 1. The number of aromatic nitrogens is 3. The summed E-state index contributed by atoms with van der Waals surface area (Å²) in [7, 11) is 1.58. The molecule has 1 amide bonds. The monoisotopic (exact) mass is 526 g/mol. The number of anilines is 2. The van der Waals surface area contributed by atoms with Gasteiger partial charge in [0, 0.05) is 36.4 Å². The minimum atomic E-state index is -0.208. The standard InChI is InChI=1S/C29H30N6O2S/c1-17-9-8-14-31-28(17)34-18(2)15-22(19(34)3)27-26(23-10-6-7-13-30-23)33-29(38)35(27)21-11-12-25(37-5)24(16-21)32-20(4)36/h6-16,26-27H,1-5H3,(H,32,36)(H,33,38). The second kappa shape index (κ2) is 10.3. The Hall–Kier alpha value is -4.24. The third-order valence-electron chi connectivity index (χ3n) is 6.85. The van der Waals surface area contributed by atoms with Gasteiger partial charge in [-0.3, -0.25) is 9.78 Å². The summed E-state index contributed by atoms with van der Waals surface area (Å²) in [4.78, 5) is 23.4. The van der Waals surface area contributed by atoms with Crippen LogP contribution in [-0.4, -0.2) is 32.7 Å². The van der Waals surface area contributed by atoms with Crippen molar-refractivity contribution in [2.45, 2.75) is 39.8 Å². The Morgan fingerprint density at radius 2 is 1.84 bits per heavy atom. The summed E-state index contributed by atoms with van der Waals surface area (Å²) in [6, 6.07) is 17.4. The molecule has 0 bridgehead atoms. The van der Waals surface area contributed by atoms with Crippen LogP contribution in [0.15, 0.2) is 67.0 Å². The van der Waals surface area contributed by atoms with Crippen LogP contribution < -0.4 is 20.3 Å². The van der Waals surface area contributed by atoms with E-state index in [4.69, 9.17) is 17.0 Å². The van der Waals surface area contributed by atoms with E-state index in [1.54, 1.807) is 13.3 Å². The van der Waals surface area contributed by atoms with E-state index in [2.05, 4.69) is 63.0 Å². The van der Waals surface area contributed by atoms with Crippen LogP contribution in [0, 0.1) is 20.8 Å². The molecule has 8 nitrogen and oxygen atoms in total. The molecule has 4 heterocycles. The fourth-order valence-corrected chi connectivity index (χ4v) is 5.55. The highest BCUT2D eigenvalue weighted by atomic mass is 32.1. The molecule has 194 valence electrons. The summed E-state index contributed by atoms with van der Waals surface area (Å²) in [6.45, 7) is 7.75. The zero-order chi connectivity index (χ0) is 27.0. The van der Waals surface area contributed by atoms with Gasteiger partial charge in [0.25, 0.3) is 0 Å². The maximum atomic E-state index is 11.9. The number of rotatable bonds is 6. The van der Waals surface area contributed by atoms with E-state index in [1.807, 2.05) is 48.7 Å². The van der Waals surface area contributed by atoms with Crippen molar-refractivity contribution in [3.05, 3.63) is 95.2 Å². The molecule has 1 aliphatic heterocycles. The van der Waals surface area contributed by atoms with Gasteiger partial charge >= 0.3 is 0 Å². The quantitative estimate of drug-likeness (QED) is 0.328. The molecular weight excluding hydrogens is 496 g/mol. The molecule has 5 rings (SSSR count). The van der Waals surface area contributed by atoms with Gasteiger partial charge in [0.2, 0.25) is 5.91 Å². The molecule has 2 atom stereocenters. The van der Waals surface area contributed by atoms with Crippen LogP contribution in [0.3, 0.4) is 0 Å². The SMILES string of the molecule is COc1ccc(N2C(=S)NC(c3ccccn3)C2c2cc(C)n(-c3ncccc3C)c2C)cc1NC(C)=O. The van der Waals surface area contributed by atoms with Gasteiger partial charge in [0.15, 0.2) is 5.11 Å². The lowest BCUT2D eigenvalue weighted by molar-refractivity contribution is -0.114. The van der Waals surface area contributed by atoms with E-state index in [-0.39, 0.29) is 18.0 Å². The molecule has 1 aliphatic rings. The predicted octanol–water partition coefficient (Wildman–Crippen LogP) is 5.34. The Morgan fingerprint density at radius 3 is 2.53 bits per heavy atom. The number of ether oxygens (including phenoxy) is 1. The number of benzene rings is 1. The van der Waals surface area contributed by atoms with Gasteiger partial charge in [0.1, 0.15) is 11.6 Å². The van der Waals surface area contributed by atoms with Crippen LogP contribution in [0.4, 0.5) is 11.4 Å². The predicted molar refractivity (Wildman–Crippen MR) is 153 cm³/mol. The summed E-state index contributed by atoms with van der Waals surface area (Å²) in [5.41, 5.74) is 6.63. The topological polar surface area (TPSA) is 84.3 Å². The second-order valence-electron chi connectivity index (χ2n) is 9.37. The fourth-order valence-electron chi connectivity index (χ4n) is 5.21. The van der Waals surface area contributed by atoms with E-state index >= 15 is 0 Å². The van der Waals surface area contributed by atoms with Gasteiger partial charge in [-0.1, -0.05) is 12.1 Å². The molecule has 0 spiro atoms. The summed E-state index contributed by atoms with van der Waals surface area (Å²) in [6.07, 6.45) is 3.61. The van der Waals surface area contributed by atoms with Gasteiger partial charge in [-0.25, -0.2) is 4.98 Å². The maximum Gasteiger partial charge on any atom is 0.221 e. The number of hydrogen-bond donors (Lipinski definition) is 2. The van der Waals surface area contributed by atoms with Crippen LogP contribution in [-0.2, 0) is 4.79 Å². The Morgan fingerprint density at radius 1 is 1.05 bits per heavy atom. The van der Waals surface area contributed by atoms with Gasteiger partial charge in [-0.05, 0) is 86.6 Å². The molecular formula is C29H30N6O2S. The van der Waals surface area contributed by atoms with Crippen molar-refractivity contribution >= 4 is 34.6 Å². The molecule has 4 aromatic rings. The van der Waals surface area contributed by atoms with Gasteiger partial charge < -0.3 is 24.8 Å². The molecule has 9 heteroatoms. The number of hydrogen-bond acceptors (Lipinski definition) is 5. The number of carbonyl (C=O) groups is 1. The first kappa shape index (κ1) is 25.4. The van der Waals surface area contributed by atoms with Crippen molar-refractivity contribution in [2.75, 3.05) is 17.3 Å². The zero-order valence-electron chi connectivity index (χ0n) is 22.0. The normalized spacial score (nSPS) is 16.9. The van der Waals surface area contributed by atoms with Gasteiger partial charge in [-0.2, -0.15) is 0 Å². The Bertz CT molecular complexity index is 1520. The third kappa shape index (κ3) is 4.50. The molecule has 1 fully saturated rings. The Balaban J connectivity index is 1.69. The average Bonchev–Trinajstić information content (AvgIpc) is 3.39. The van der Waals surface area contributed by atoms with E-state index < -0.39 is 0 Å². The van der Waals surface area contributed by atoms with Crippen molar-refractivity contribution in [3.63, 3.8) is 0 Å². The maximum absolute atomic E-state index is 11.9. The lowest BCUT2D eigenvalue weighted by atomic mass is 9.96. The largest absolute Gasteiger partial charge is 0.495 e. The van der Waals surface area contributed by atoms with Crippen molar-refractivity contribution in [1.29, 1.82) is 0 Å². The lowest BCUT2D eigenvalue weighted by Crippen LogP contribution is -2.29. The van der Waals surface area contributed by atoms with Crippen LogP contribution in [0.2, 0.25) is 0 Å². The highest BCUT2D eigenvalue weighted by Gasteiger charge is 2.42. The van der Waals surface area contributed by atoms with Crippen molar-refractivity contribution in [3.8, 4) is 11.6 Å².